The SMILES string of the molecule is COc1ccc(CCC(=O)N(C)C(C)c2ccc(F)cc2)cc1. The van der Waals surface area contributed by atoms with Crippen LogP contribution in [0.5, 0.6) is 5.75 Å². The predicted octanol–water partition coefficient (Wildman–Crippen LogP) is 3.99. The van der Waals surface area contributed by atoms with E-state index in [2.05, 4.69) is 0 Å². The number of carbonyl (C=O) groups is 1. The Morgan fingerprint density at radius 3 is 2.30 bits per heavy atom. The van der Waals surface area contributed by atoms with Gasteiger partial charge in [-0.1, -0.05) is 24.3 Å². The second kappa shape index (κ2) is 7.77. The van der Waals surface area contributed by atoms with Crippen molar-refractivity contribution in [3.8, 4) is 5.75 Å². The van der Waals surface area contributed by atoms with Crippen molar-refractivity contribution >= 4 is 5.91 Å². The summed E-state index contributed by atoms with van der Waals surface area (Å²) in [7, 11) is 3.41. The van der Waals surface area contributed by atoms with Gasteiger partial charge in [-0.2, -0.15) is 0 Å². The zero-order valence-electron chi connectivity index (χ0n) is 13.8. The van der Waals surface area contributed by atoms with Crippen molar-refractivity contribution in [2.45, 2.75) is 25.8 Å². The third-order valence-electron chi connectivity index (χ3n) is 4.11. The fourth-order valence-corrected chi connectivity index (χ4v) is 2.40. The van der Waals surface area contributed by atoms with Crippen LogP contribution in [0.15, 0.2) is 48.5 Å². The van der Waals surface area contributed by atoms with Crippen molar-refractivity contribution in [2.75, 3.05) is 14.2 Å². The fraction of sp³-hybridized carbons (Fsp3) is 0.316. The van der Waals surface area contributed by atoms with Crippen molar-refractivity contribution in [3.63, 3.8) is 0 Å². The van der Waals surface area contributed by atoms with E-state index in [0.29, 0.717) is 12.8 Å². The summed E-state index contributed by atoms with van der Waals surface area (Å²) < 4.78 is 18.1. The lowest BCUT2D eigenvalue weighted by Crippen LogP contribution is -2.29. The van der Waals surface area contributed by atoms with E-state index in [0.717, 1.165) is 16.9 Å². The summed E-state index contributed by atoms with van der Waals surface area (Å²) in [5, 5.41) is 0. The first-order chi connectivity index (χ1) is 11.0. The molecule has 3 nitrogen and oxygen atoms in total. The Bertz CT molecular complexity index is 637. The van der Waals surface area contributed by atoms with Crippen molar-refractivity contribution < 1.29 is 13.9 Å². The zero-order chi connectivity index (χ0) is 16.8. The van der Waals surface area contributed by atoms with Crippen LogP contribution in [-0.2, 0) is 11.2 Å². The average Bonchev–Trinajstić information content (AvgIpc) is 2.59. The van der Waals surface area contributed by atoms with Gasteiger partial charge < -0.3 is 9.64 Å². The molecule has 1 amide bonds. The number of nitrogens with zero attached hydrogens (tertiary/aromatic N) is 1. The molecule has 0 spiro atoms. The Kier molecular flexibility index (Phi) is 5.74. The van der Waals surface area contributed by atoms with E-state index in [1.165, 1.54) is 12.1 Å². The highest BCUT2D eigenvalue weighted by molar-refractivity contribution is 5.76. The molecule has 0 aliphatic rings. The van der Waals surface area contributed by atoms with E-state index in [1.807, 2.05) is 31.2 Å². The molecule has 0 bridgehead atoms. The maximum absolute atomic E-state index is 13.0. The second-order valence-corrected chi connectivity index (χ2v) is 5.58. The summed E-state index contributed by atoms with van der Waals surface area (Å²) >= 11 is 0. The number of amides is 1. The van der Waals surface area contributed by atoms with Crippen LogP contribution in [0.3, 0.4) is 0 Å². The molecule has 1 unspecified atom stereocenters. The van der Waals surface area contributed by atoms with E-state index in [9.17, 15) is 9.18 Å². The van der Waals surface area contributed by atoms with Gasteiger partial charge in [0.05, 0.1) is 13.2 Å². The van der Waals surface area contributed by atoms with Gasteiger partial charge in [-0.3, -0.25) is 4.79 Å². The molecule has 122 valence electrons. The van der Waals surface area contributed by atoms with Crippen LogP contribution in [-0.4, -0.2) is 25.0 Å². The van der Waals surface area contributed by atoms with Crippen LogP contribution in [0.2, 0.25) is 0 Å². The first-order valence-electron chi connectivity index (χ1n) is 7.65. The third kappa shape index (κ3) is 4.55. The van der Waals surface area contributed by atoms with Gasteiger partial charge in [-0.15, -0.1) is 0 Å². The predicted molar refractivity (Wildman–Crippen MR) is 88.9 cm³/mol. The van der Waals surface area contributed by atoms with Crippen LogP contribution in [0, 0.1) is 5.82 Å². The zero-order valence-corrected chi connectivity index (χ0v) is 13.8. The Morgan fingerprint density at radius 2 is 1.74 bits per heavy atom. The lowest BCUT2D eigenvalue weighted by atomic mass is 10.1. The molecule has 0 saturated heterocycles. The number of carbonyl (C=O) groups excluding carboxylic acids is 1. The quantitative estimate of drug-likeness (QED) is 0.807. The first kappa shape index (κ1) is 17.0. The van der Waals surface area contributed by atoms with Crippen molar-refractivity contribution in [3.05, 3.63) is 65.5 Å². The van der Waals surface area contributed by atoms with Gasteiger partial charge in [0, 0.05) is 13.5 Å². The molecule has 2 aromatic rings. The Labute approximate surface area is 136 Å². The smallest absolute Gasteiger partial charge is 0.223 e. The molecule has 0 fully saturated rings. The first-order valence-corrected chi connectivity index (χ1v) is 7.65. The molecular weight excluding hydrogens is 293 g/mol. The minimum atomic E-state index is -0.269. The summed E-state index contributed by atoms with van der Waals surface area (Å²) in [5.74, 6) is 0.606. The van der Waals surface area contributed by atoms with E-state index in [-0.39, 0.29) is 17.8 Å². The van der Waals surface area contributed by atoms with E-state index in [1.54, 1.807) is 31.2 Å². The summed E-state index contributed by atoms with van der Waals surface area (Å²) in [4.78, 5) is 14.1. The maximum atomic E-state index is 13.0. The van der Waals surface area contributed by atoms with Crippen LogP contribution in [0.25, 0.3) is 0 Å². The number of aryl methyl sites for hydroxylation is 1. The maximum Gasteiger partial charge on any atom is 0.223 e. The molecule has 2 aromatic carbocycles. The normalized spacial score (nSPS) is 11.8. The number of hydrogen-bond acceptors (Lipinski definition) is 2. The molecule has 0 aromatic heterocycles. The lowest BCUT2D eigenvalue weighted by Gasteiger charge is -2.25. The molecular formula is C19H22FNO2. The average molecular weight is 315 g/mol. The Balaban J connectivity index is 1.92. The van der Waals surface area contributed by atoms with Crippen molar-refractivity contribution in [2.24, 2.45) is 0 Å². The topological polar surface area (TPSA) is 29.5 Å². The highest BCUT2D eigenvalue weighted by atomic mass is 19.1. The minimum absolute atomic E-state index is 0.0673. The number of halogens is 1. The molecule has 2 rings (SSSR count). The standard InChI is InChI=1S/C19H22FNO2/c1-14(16-7-9-17(20)10-8-16)21(2)19(22)13-6-15-4-11-18(23-3)12-5-15/h4-5,7-12,14H,6,13H2,1-3H3. The van der Waals surface area contributed by atoms with Crippen LogP contribution in [0.1, 0.15) is 30.5 Å². The number of methoxy groups -OCH3 is 1. The number of hydrogen-bond donors (Lipinski definition) is 0. The van der Waals surface area contributed by atoms with Gasteiger partial charge in [-0.05, 0) is 48.7 Å². The molecule has 0 aliphatic heterocycles. The highest BCUT2D eigenvalue weighted by Gasteiger charge is 2.17. The lowest BCUT2D eigenvalue weighted by molar-refractivity contribution is -0.131. The molecule has 0 saturated carbocycles. The van der Waals surface area contributed by atoms with Gasteiger partial charge >= 0.3 is 0 Å². The molecule has 4 heteroatoms. The van der Waals surface area contributed by atoms with Gasteiger partial charge in [-0.25, -0.2) is 4.39 Å². The van der Waals surface area contributed by atoms with Crippen molar-refractivity contribution in [1.29, 1.82) is 0 Å². The third-order valence-corrected chi connectivity index (χ3v) is 4.11. The fourth-order valence-electron chi connectivity index (χ4n) is 2.40. The van der Waals surface area contributed by atoms with E-state index >= 15 is 0 Å². The van der Waals surface area contributed by atoms with E-state index < -0.39 is 0 Å². The van der Waals surface area contributed by atoms with Gasteiger partial charge in [0.2, 0.25) is 5.91 Å². The molecule has 0 N–H and O–H groups in total. The molecule has 23 heavy (non-hydrogen) atoms. The van der Waals surface area contributed by atoms with Crippen molar-refractivity contribution in [1.82, 2.24) is 4.90 Å². The number of benzene rings is 2. The summed E-state index contributed by atoms with van der Waals surface area (Å²) in [6.45, 7) is 1.94. The van der Waals surface area contributed by atoms with Crippen LogP contribution < -0.4 is 4.74 Å². The van der Waals surface area contributed by atoms with Gasteiger partial charge in [0.15, 0.2) is 0 Å². The molecule has 0 aliphatic carbocycles. The van der Waals surface area contributed by atoms with Gasteiger partial charge in [0.1, 0.15) is 11.6 Å². The molecule has 1 atom stereocenters. The highest BCUT2D eigenvalue weighted by Crippen LogP contribution is 2.20. The number of rotatable bonds is 6. The summed E-state index contributed by atoms with van der Waals surface area (Å²) in [5.41, 5.74) is 2.02. The minimum Gasteiger partial charge on any atom is -0.497 e. The Morgan fingerprint density at radius 1 is 1.13 bits per heavy atom. The Hall–Kier alpha value is -2.36. The van der Waals surface area contributed by atoms with Gasteiger partial charge in [0.25, 0.3) is 0 Å². The second-order valence-electron chi connectivity index (χ2n) is 5.58. The van der Waals surface area contributed by atoms with Crippen LogP contribution >= 0.6 is 0 Å². The van der Waals surface area contributed by atoms with E-state index in [4.69, 9.17) is 4.74 Å². The van der Waals surface area contributed by atoms with Crippen LogP contribution in [0.4, 0.5) is 4.39 Å². The number of ether oxygens (including phenoxy) is 1. The molecule has 0 radical (unpaired) electrons. The summed E-state index contributed by atoms with van der Waals surface area (Å²) in [6, 6.07) is 13.9. The monoisotopic (exact) mass is 315 g/mol. The largest absolute Gasteiger partial charge is 0.497 e. The molecule has 0 heterocycles. The summed E-state index contributed by atoms with van der Waals surface area (Å²) in [6.07, 6.45) is 1.12.